The number of ketones is 1. The number of hydrogen-bond acceptors (Lipinski definition) is 13. The van der Waals surface area contributed by atoms with Crippen LogP contribution in [0.4, 0.5) is 10.5 Å². The van der Waals surface area contributed by atoms with Crippen LogP contribution in [-0.4, -0.2) is 130 Å². The molecule has 0 heterocycles. The lowest BCUT2D eigenvalue weighted by molar-refractivity contribution is -0.148. The van der Waals surface area contributed by atoms with Gasteiger partial charge in [-0.15, -0.1) is 0 Å². The molecule has 0 aliphatic carbocycles. The molecule has 0 aromatic heterocycles. The van der Waals surface area contributed by atoms with Crippen LogP contribution in [0.3, 0.4) is 0 Å². The van der Waals surface area contributed by atoms with Crippen LogP contribution in [0.2, 0.25) is 0 Å². The maximum Gasteiger partial charge on any atom is 0.312 e. The summed E-state index contributed by atoms with van der Waals surface area (Å²) in [5.74, 6) is -4.91. The van der Waals surface area contributed by atoms with Crippen LogP contribution in [-0.2, 0) is 63.9 Å². The van der Waals surface area contributed by atoms with E-state index in [4.69, 9.17) is 29.4 Å². The summed E-state index contributed by atoms with van der Waals surface area (Å²) in [6.07, 6.45) is -0.177. The topological polar surface area (TPSA) is 289 Å². The molecule has 0 saturated heterocycles. The molecular formula is C42H68N6O14. The van der Waals surface area contributed by atoms with Gasteiger partial charge in [-0.2, -0.15) is 0 Å². The van der Waals surface area contributed by atoms with E-state index in [1.807, 2.05) is 13.8 Å². The second-order valence-corrected chi connectivity index (χ2v) is 15.3. The van der Waals surface area contributed by atoms with Gasteiger partial charge in [0.1, 0.15) is 30.5 Å². The molecule has 0 aliphatic heterocycles. The number of primary amides is 1. The minimum atomic E-state index is -1.31. The highest BCUT2D eigenvalue weighted by Crippen LogP contribution is 2.14. The maximum atomic E-state index is 13.7. The summed E-state index contributed by atoms with van der Waals surface area (Å²) in [6, 6.07) is 2.15. The number of Topliss-reactive ketones (excluding diaryl/α,β-unsaturated/α-hetero) is 1. The van der Waals surface area contributed by atoms with E-state index in [9.17, 15) is 43.5 Å². The van der Waals surface area contributed by atoms with E-state index in [1.165, 1.54) is 0 Å². The second-order valence-electron chi connectivity index (χ2n) is 15.3. The van der Waals surface area contributed by atoms with Gasteiger partial charge in [0, 0.05) is 37.4 Å². The van der Waals surface area contributed by atoms with Crippen LogP contribution < -0.4 is 32.3 Å². The molecule has 20 heteroatoms. The minimum Gasteiger partial charge on any atom is -0.481 e. The fraction of sp³-hybridized carbons (Fsp3) is 0.667. The first kappa shape index (κ1) is 54.8. The summed E-state index contributed by atoms with van der Waals surface area (Å²) < 4.78 is 26.9. The minimum absolute atomic E-state index is 0.0110. The lowest BCUT2D eigenvalue weighted by atomic mass is 10.0. The molecule has 0 fully saturated rings. The Kier molecular flexibility index (Phi) is 28.0. The Morgan fingerprint density at radius 3 is 1.69 bits per heavy atom. The van der Waals surface area contributed by atoms with Crippen molar-refractivity contribution in [3.63, 3.8) is 0 Å². The molecular weight excluding hydrogens is 812 g/mol. The fourth-order valence-corrected chi connectivity index (χ4v) is 5.26. The Morgan fingerprint density at radius 1 is 0.629 bits per heavy atom. The van der Waals surface area contributed by atoms with Gasteiger partial charge in [0.15, 0.2) is 0 Å². The number of carboxylic acid groups (broad SMARTS) is 1. The largest absolute Gasteiger partial charge is 0.481 e. The van der Waals surface area contributed by atoms with E-state index >= 15 is 0 Å². The Morgan fingerprint density at radius 2 is 1.18 bits per heavy atom. The van der Waals surface area contributed by atoms with Crippen molar-refractivity contribution in [2.45, 2.75) is 105 Å². The molecule has 6 amide bonds. The molecule has 0 spiro atoms. The highest BCUT2D eigenvalue weighted by molar-refractivity contribution is 5.99. The Labute approximate surface area is 363 Å². The summed E-state index contributed by atoms with van der Waals surface area (Å²) in [7, 11) is 0. The molecule has 1 aromatic rings. The fourth-order valence-electron chi connectivity index (χ4n) is 5.26. The van der Waals surface area contributed by atoms with Gasteiger partial charge in [-0.3, -0.25) is 33.6 Å². The molecule has 350 valence electrons. The third-order valence-corrected chi connectivity index (χ3v) is 8.95. The first-order valence-corrected chi connectivity index (χ1v) is 21.0. The second kappa shape index (κ2) is 31.6. The first-order chi connectivity index (χ1) is 29.4. The predicted molar refractivity (Wildman–Crippen MR) is 226 cm³/mol. The van der Waals surface area contributed by atoms with Crippen molar-refractivity contribution < 1.29 is 67.1 Å². The number of benzene rings is 1. The van der Waals surface area contributed by atoms with Crippen molar-refractivity contribution in [1.82, 2.24) is 21.3 Å². The number of esters is 1. The van der Waals surface area contributed by atoms with Gasteiger partial charge in [-0.05, 0) is 42.9 Å². The molecule has 0 radical (unpaired) electrons. The number of rotatable bonds is 34. The van der Waals surface area contributed by atoms with Crippen molar-refractivity contribution in [1.29, 1.82) is 0 Å². The third kappa shape index (κ3) is 25.6. The van der Waals surface area contributed by atoms with Crippen LogP contribution >= 0.6 is 0 Å². The van der Waals surface area contributed by atoms with E-state index in [0.717, 1.165) is 0 Å². The molecule has 0 unspecified atom stereocenters. The summed E-state index contributed by atoms with van der Waals surface area (Å²) in [4.78, 5) is 99.4. The summed E-state index contributed by atoms with van der Waals surface area (Å²) in [6.45, 7) is 12.7. The maximum absolute atomic E-state index is 13.7. The Hall–Kier alpha value is -5.18. The van der Waals surface area contributed by atoms with Crippen molar-refractivity contribution in [2.24, 2.45) is 23.5 Å². The number of carboxylic acids is 1. The van der Waals surface area contributed by atoms with Gasteiger partial charge in [0.05, 0.1) is 58.8 Å². The molecule has 0 saturated carbocycles. The van der Waals surface area contributed by atoms with Gasteiger partial charge in [0.25, 0.3) is 0 Å². The first-order valence-electron chi connectivity index (χ1n) is 21.0. The van der Waals surface area contributed by atoms with Crippen molar-refractivity contribution in [3.05, 3.63) is 29.8 Å². The lowest BCUT2D eigenvalue weighted by Gasteiger charge is -2.27. The SMILES string of the molecule is CC(C)C(=O)CCOCCOCCOCCOCCC(=O)N[C@@H](CCC(=O)O)C(=O)N[C@H](C(=O)N[C@@H](CCCNC(N)=O)C(=O)Nc1ccc(COC(=O)C(C)C)cc1)C(C)C. The Bertz CT molecular complexity index is 1560. The monoisotopic (exact) mass is 880 g/mol. The third-order valence-electron chi connectivity index (χ3n) is 8.95. The molecule has 62 heavy (non-hydrogen) atoms. The zero-order valence-electron chi connectivity index (χ0n) is 36.9. The highest BCUT2D eigenvalue weighted by atomic mass is 16.6. The van der Waals surface area contributed by atoms with E-state index in [2.05, 4.69) is 26.6 Å². The normalized spacial score (nSPS) is 12.6. The number of carbonyl (C=O) groups excluding carboxylic acids is 7. The van der Waals surface area contributed by atoms with Gasteiger partial charge in [-0.1, -0.05) is 53.7 Å². The molecule has 1 rings (SSSR count). The molecule has 8 N–H and O–H groups in total. The van der Waals surface area contributed by atoms with Crippen LogP contribution in [0.1, 0.15) is 85.6 Å². The summed E-state index contributed by atoms with van der Waals surface area (Å²) in [5.41, 5.74) is 6.24. The number of urea groups is 1. The van der Waals surface area contributed by atoms with Crippen LogP contribution in [0.15, 0.2) is 24.3 Å². The van der Waals surface area contributed by atoms with Crippen LogP contribution in [0.5, 0.6) is 0 Å². The van der Waals surface area contributed by atoms with E-state index in [-0.39, 0.29) is 82.2 Å². The molecule has 3 atom stereocenters. The summed E-state index contributed by atoms with van der Waals surface area (Å²) >= 11 is 0. The quantitative estimate of drug-likeness (QED) is 0.0384. The van der Waals surface area contributed by atoms with E-state index in [1.54, 1.807) is 52.0 Å². The van der Waals surface area contributed by atoms with Gasteiger partial charge in [0.2, 0.25) is 23.6 Å². The number of anilines is 1. The van der Waals surface area contributed by atoms with Crippen molar-refractivity contribution >= 4 is 53.1 Å². The zero-order valence-corrected chi connectivity index (χ0v) is 36.9. The number of aliphatic carboxylic acids is 1. The van der Waals surface area contributed by atoms with Gasteiger partial charge < -0.3 is 61.1 Å². The average molecular weight is 881 g/mol. The zero-order chi connectivity index (χ0) is 46.5. The number of nitrogens with one attached hydrogen (secondary N) is 5. The number of hydrogen-bond donors (Lipinski definition) is 7. The molecule has 1 aromatic carbocycles. The molecule has 0 aliphatic rings. The predicted octanol–water partition coefficient (Wildman–Crippen LogP) is 1.82. The molecule has 20 nitrogen and oxygen atoms in total. The van der Waals surface area contributed by atoms with Gasteiger partial charge in [-0.25, -0.2) is 4.79 Å². The average Bonchev–Trinajstić information content (AvgIpc) is 3.21. The lowest BCUT2D eigenvalue weighted by Crippen LogP contribution is -2.58. The van der Waals surface area contributed by atoms with Gasteiger partial charge >= 0.3 is 18.0 Å². The number of nitrogens with two attached hydrogens (primary N) is 1. The Balaban J connectivity index is 2.73. The molecule has 0 bridgehead atoms. The van der Waals surface area contributed by atoms with E-state index < -0.39 is 66.1 Å². The number of amides is 6. The summed E-state index contributed by atoms with van der Waals surface area (Å²) in [5, 5.41) is 22.3. The van der Waals surface area contributed by atoms with Crippen LogP contribution in [0.25, 0.3) is 0 Å². The standard InChI is InChI=1S/C42H68N6O14/c1-27(2)34(49)15-18-58-20-22-60-24-25-61-23-21-59-19-16-35(50)46-33(13-14-36(51)52)39(54)48-37(28(3)4)40(55)47-32(8-7-17-44-42(43)57)38(53)45-31-11-9-30(10-12-31)26-62-41(56)29(5)6/h9-12,27-29,32-33,37H,7-8,13-26H2,1-6H3,(H,45,53)(H,46,50)(H,47,55)(H,48,54)(H,51,52)(H3,43,44,57)/t32-,33-,37-/m0/s1. The number of ether oxygens (including phenoxy) is 5. The van der Waals surface area contributed by atoms with E-state index in [0.29, 0.717) is 50.7 Å². The highest BCUT2D eigenvalue weighted by Gasteiger charge is 2.31. The van der Waals surface area contributed by atoms with Crippen molar-refractivity contribution in [2.75, 3.05) is 64.7 Å². The van der Waals surface area contributed by atoms with Crippen molar-refractivity contribution in [3.8, 4) is 0 Å². The smallest absolute Gasteiger partial charge is 0.312 e. The number of carbonyl (C=O) groups is 8. The van der Waals surface area contributed by atoms with Crippen LogP contribution in [0, 0.1) is 17.8 Å².